The maximum absolute atomic E-state index is 3.36. The van der Waals surface area contributed by atoms with E-state index in [9.17, 15) is 0 Å². The van der Waals surface area contributed by atoms with Gasteiger partial charge in [0.05, 0.1) is 0 Å². The van der Waals surface area contributed by atoms with Gasteiger partial charge in [0.1, 0.15) is 0 Å². The summed E-state index contributed by atoms with van der Waals surface area (Å²) in [5.74, 6) is 4.38. The van der Waals surface area contributed by atoms with Crippen molar-refractivity contribution in [3.63, 3.8) is 0 Å². The third-order valence-electron chi connectivity index (χ3n) is 4.51. The SMILES string of the molecule is C=CC.CCC(C)CCCC(C(C)C)C(C)C(C)C. The Morgan fingerprint density at radius 2 is 1.37 bits per heavy atom. The van der Waals surface area contributed by atoms with E-state index in [0.29, 0.717) is 0 Å². The van der Waals surface area contributed by atoms with E-state index >= 15 is 0 Å². The maximum Gasteiger partial charge on any atom is -0.0363 e. The lowest BCUT2D eigenvalue weighted by atomic mass is 9.75. The van der Waals surface area contributed by atoms with E-state index in [2.05, 4.69) is 55.0 Å². The first-order valence-electron chi connectivity index (χ1n) is 8.38. The van der Waals surface area contributed by atoms with Gasteiger partial charge in [-0.2, -0.15) is 0 Å². The molecule has 0 heterocycles. The highest BCUT2D eigenvalue weighted by molar-refractivity contribution is 4.72. The average Bonchev–Trinajstić information content (AvgIpc) is 2.33. The van der Waals surface area contributed by atoms with Crippen LogP contribution in [0.1, 0.15) is 81.1 Å². The summed E-state index contributed by atoms with van der Waals surface area (Å²) in [6, 6.07) is 0. The Bertz CT molecular complexity index is 190. The van der Waals surface area contributed by atoms with Gasteiger partial charge in [0.25, 0.3) is 0 Å². The van der Waals surface area contributed by atoms with Crippen LogP contribution >= 0.6 is 0 Å². The molecule has 0 saturated heterocycles. The average molecular weight is 269 g/mol. The van der Waals surface area contributed by atoms with E-state index in [1.165, 1.54) is 25.7 Å². The molecular weight excluding hydrogens is 228 g/mol. The zero-order chi connectivity index (χ0) is 15.4. The van der Waals surface area contributed by atoms with Crippen molar-refractivity contribution in [1.82, 2.24) is 0 Å². The van der Waals surface area contributed by atoms with E-state index in [1.807, 2.05) is 6.92 Å². The monoisotopic (exact) mass is 268 g/mol. The maximum atomic E-state index is 3.36. The summed E-state index contributed by atoms with van der Waals surface area (Å²) in [7, 11) is 0. The lowest BCUT2D eigenvalue weighted by Gasteiger charge is -2.30. The van der Waals surface area contributed by atoms with Crippen molar-refractivity contribution in [2.75, 3.05) is 0 Å². The topological polar surface area (TPSA) is 0 Å². The van der Waals surface area contributed by atoms with Crippen LogP contribution in [0.4, 0.5) is 0 Å². The summed E-state index contributed by atoms with van der Waals surface area (Å²) < 4.78 is 0. The van der Waals surface area contributed by atoms with Gasteiger partial charge >= 0.3 is 0 Å². The van der Waals surface area contributed by atoms with Crippen molar-refractivity contribution in [3.8, 4) is 0 Å². The van der Waals surface area contributed by atoms with Crippen LogP contribution in [0.3, 0.4) is 0 Å². The summed E-state index contributed by atoms with van der Waals surface area (Å²) in [5, 5.41) is 0. The standard InChI is InChI=1S/C16H34.C3H6/c1-8-14(6)10-9-11-16(13(4)5)15(7)12(2)3;1-3-2/h12-16H,8-11H2,1-7H3;3H,1H2,2H3. The van der Waals surface area contributed by atoms with Crippen LogP contribution < -0.4 is 0 Å². The second-order valence-electron chi connectivity index (χ2n) is 6.86. The summed E-state index contributed by atoms with van der Waals surface area (Å²) in [6.45, 7) is 21.9. The second kappa shape index (κ2) is 12.8. The molecule has 19 heavy (non-hydrogen) atoms. The van der Waals surface area contributed by atoms with Crippen LogP contribution in [0.15, 0.2) is 12.7 Å². The molecule has 0 N–H and O–H groups in total. The zero-order valence-corrected chi connectivity index (χ0v) is 15.0. The quantitative estimate of drug-likeness (QED) is 0.417. The summed E-state index contributed by atoms with van der Waals surface area (Å²) in [6.07, 6.45) is 7.37. The van der Waals surface area contributed by atoms with Crippen LogP contribution in [0.25, 0.3) is 0 Å². The predicted molar refractivity (Wildman–Crippen MR) is 91.5 cm³/mol. The molecule has 0 aliphatic carbocycles. The molecule has 0 aromatic rings. The highest BCUT2D eigenvalue weighted by Gasteiger charge is 2.22. The fourth-order valence-electron chi connectivity index (χ4n) is 2.60. The largest absolute Gasteiger partial charge is 0.103 e. The van der Waals surface area contributed by atoms with Crippen molar-refractivity contribution < 1.29 is 0 Å². The first kappa shape index (κ1) is 21.0. The summed E-state index contributed by atoms with van der Waals surface area (Å²) in [4.78, 5) is 0. The normalized spacial score (nSPS) is 15.7. The number of rotatable bonds is 8. The van der Waals surface area contributed by atoms with E-state index in [0.717, 1.165) is 29.6 Å². The Kier molecular flexibility index (Phi) is 14.1. The van der Waals surface area contributed by atoms with Gasteiger partial charge in [-0.3, -0.25) is 0 Å². The summed E-state index contributed by atoms with van der Waals surface area (Å²) >= 11 is 0. The van der Waals surface area contributed by atoms with Crippen LogP contribution in [0.5, 0.6) is 0 Å². The molecule has 0 aromatic carbocycles. The molecule has 0 amide bonds. The molecule has 0 aliphatic rings. The minimum atomic E-state index is 0.830. The molecule has 3 atom stereocenters. The van der Waals surface area contributed by atoms with E-state index in [1.54, 1.807) is 6.08 Å². The zero-order valence-electron chi connectivity index (χ0n) is 15.0. The Morgan fingerprint density at radius 1 is 0.895 bits per heavy atom. The first-order chi connectivity index (χ1) is 8.81. The van der Waals surface area contributed by atoms with Gasteiger partial charge in [0, 0.05) is 0 Å². The van der Waals surface area contributed by atoms with Crippen molar-refractivity contribution in [1.29, 1.82) is 0 Å². The molecule has 0 spiro atoms. The fourth-order valence-corrected chi connectivity index (χ4v) is 2.60. The molecule has 0 aliphatic heterocycles. The molecule has 116 valence electrons. The third kappa shape index (κ3) is 11.3. The van der Waals surface area contributed by atoms with Crippen molar-refractivity contribution in [3.05, 3.63) is 12.7 Å². The Hall–Kier alpha value is -0.260. The molecule has 0 fully saturated rings. The second-order valence-corrected chi connectivity index (χ2v) is 6.86. The van der Waals surface area contributed by atoms with Crippen LogP contribution in [0.2, 0.25) is 0 Å². The lowest BCUT2D eigenvalue weighted by molar-refractivity contribution is 0.194. The van der Waals surface area contributed by atoms with Gasteiger partial charge < -0.3 is 0 Å². The van der Waals surface area contributed by atoms with Gasteiger partial charge in [-0.05, 0) is 42.9 Å². The molecule has 0 rings (SSSR count). The van der Waals surface area contributed by atoms with Gasteiger partial charge in [-0.1, -0.05) is 73.8 Å². The third-order valence-corrected chi connectivity index (χ3v) is 4.51. The van der Waals surface area contributed by atoms with Crippen LogP contribution in [0, 0.1) is 29.6 Å². The highest BCUT2D eigenvalue weighted by atomic mass is 14.3. The van der Waals surface area contributed by atoms with Gasteiger partial charge in [-0.25, -0.2) is 0 Å². The highest BCUT2D eigenvalue weighted by Crippen LogP contribution is 2.31. The van der Waals surface area contributed by atoms with Crippen LogP contribution in [-0.2, 0) is 0 Å². The number of allylic oxidation sites excluding steroid dienone is 1. The fraction of sp³-hybridized carbons (Fsp3) is 0.895. The lowest BCUT2D eigenvalue weighted by Crippen LogP contribution is -2.22. The number of hydrogen-bond donors (Lipinski definition) is 0. The van der Waals surface area contributed by atoms with Crippen molar-refractivity contribution in [2.24, 2.45) is 29.6 Å². The Morgan fingerprint density at radius 3 is 1.68 bits per heavy atom. The van der Waals surface area contributed by atoms with Gasteiger partial charge in [-0.15, -0.1) is 6.58 Å². The minimum absolute atomic E-state index is 0.830. The molecular formula is C19H40. The molecule has 0 saturated carbocycles. The number of hydrogen-bond acceptors (Lipinski definition) is 0. The molecule has 0 heteroatoms. The smallest absolute Gasteiger partial charge is 0.0363 e. The first-order valence-corrected chi connectivity index (χ1v) is 8.38. The minimum Gasteiger partial charge on any atom is -0.103 e. The van der Waals surface area contributed by atoms with Gasteiger partial charge in [0.15, 0.2) is 0 Å². The molecule has 0 nitrogen and oxygen atoms in total. The predicted octanol–water partition coefficient (Wildman–Crippen LogP) is 6.96. The molecule has 0 aromatic heterocycles. The Labute approximate surface area is 124 Å². The van der Waals surface area contributed by atoms with Crippen LogP contribution in [-0.4, -0.2) is 0 Å². The molecule has 0 radical (unpaired) electrons. The molecule has 0 bridgehead atoms. The van der Waals surface area contributed by atoms with Gasteiger partial charge in [0.2, 0.25) is 0 Å². The van der Waals surface area contributed by atoms with Crippen molar-refractivity contribution >= 4 is 0 Å². The van der Waals surface area contributed by atoms with E-state index in [4.69, 9.17) is 0 Å². The Balaban J connectivity index is 0. The molecule has 3 unspecified atom stereocenters. The summed E-state index contributed by atoms with van der Waals surface area (Å²) in [5.41, 5.74) is 0. The van der Waals surface area contributed by atoms with E-state index < -0.39 is 0 Å². The van der Waals surface area contributed by atoms with E-state index in [-0.39, 0.29) is 0 Å². The van der Waals surface area contributed by atoms with Crippen molar-refractivity contribution in [2.45, 2.75) is 81.1 Å².